The number of halogens is 1. The molecule has 1 aliphatic carbocycles. The number of rotatable bonds is 8. The minimum absolute atomic E-state index is 0.278. The molecule has 0 amide bonds. The zero-order valence-corrected chi connectivity index (χ0v) is 11.7. The minimum Gasteiger partial charge on any atom is -0.490 e. The van der Waals surface area contributed by atoms with Gasteiger partial charge in [0.05, 0.1) is 13.7 Å². The van der Waals surface area contributed by atoms with Crippen molar-refractivity contribution in [2.24, 2.45) is 0 Å². The van der Waals surface area contributed by atoms with Crippen LogP contribution in [0.2, 0.25) is 0 Å². The summed E-state index contributed by atoms with van der Waals surface area (Å²) in [5, 5.41) is 3.34. The second kappa shape index (κ2) is 7.24. The molecule has 0 saturated heterocycles. The van der Waals surface area contributed by atoms with Crippen molar-refractivity contribution in [3.8, 4) is 5.75 Å². The molecule has 20 heavy (non-hydrogen) atoms. The van der Waals surface area contributed by atoms with E-state index in [1.54, 1.807) is 6.07 Å². The van der Waals surface area contributed by atoms with Crippen LogP contribution in [0.5, 0.6) is 5.75 Å². The lowest BCUT2D eigenvalue weighted by Gasteiger charge is -2.12. The lowest BCUT2D eigenvalue weighted by atomic mass is 10.2. The van der Waals surface area contributed by atoms with Gasteiger partial charge in [-0.1, -0.05) is 12.1 Å². The van der Waals surface area contributed by atoms with E-state index in [2.05, 4.69) is 10.1 Å². The van der Waals surface area contributed by atoms with E-state index < -0.39 is 0 Å². The number of hydrogen-bond acceptors (Lipinski definition) is 4. The Morgan fingerprint density at radius 1 is 1.45 bits per heavy atom. The fraction of sp³-hybridized carbons (Fsp3) is 0.533. The van der Waals surface area contributed by atoms with E-state index in [9.17, 15) is 9.18 Å². The number of benzene rings is 1. The number of carbonyl (C=O) groups excluding carboxylic acids is 1. The van der Waals surface area contributed by atoms with Gasteiger partial charge in [0, 0.05) is 24.6 Å². The third-order valence-corrected chi connectivity index (χ3v) is 3.21. The molecule has 0 aliphatic heterocycles. The van der Waals surface area contributed by atoms with Gasteiger partial charge in [-0.05, 0) is 25.3 Å². The Bertz CT molecular complexity index is 460. The van der Waals surface area contributed by atoms with Crippen molar-refractivity contribution in [2.45, 2.75) is 38.3 Å². The minimum atomic E-state index is -0.363. The van der Waals surface area contributed by atoms with E-state index in [1.165, 1.54) is 26.0 Å². The molecule has 2 rings (SSSR count). The maximum absolute atomic E-state index is 13.8. The van der Waals surface area contributed by atoms with Gasteiger partial charge < -0.3 is 14.8 Å². The highest BCUT2D eigenvalue weighted by Gasteiger charge is 2.21. The lowest BCUT2D eigenvalue weighted by Crippen LogP contribution is -2.16. The number of esters is 1. The molecule has 0 atom stereocenters. The predicted molar refractivity (Wildman–Crippen MR) is 73.0 cm³/mol. The summed E-state index contributed by atoms with van der Waals surface area (Å²) >= 11 is 0. The van der Waals surface area contributed by atoms with Gasteiger partial charge >= 0.3 is 5.97 Å². The van der Waals surface area contributed by atoms with Crippen LogP contribution in [0.3, 0.4) is 0 Å². The summed E-state index contributed by atoms with van der Waals surface area (Å²) in [6, 6.07) is 5.48. The molecular weight excluding hydrogens is 261 g/mol. The molecule has 1 aromatic rings. The number of carbonyl (C=O) groups is 1. The third-order valence-electron chi connectivity index (χ3n) is 3.21. The number of nitrogens with one attached hydrogen (secondary N) is 1. The number of methoxy groups -OCH3 is 1. The summed E-state index contributed by atoms with van der Waals surface area (Å²) < 4.78 is 23.8. The first-order chi connectivity index (χ1) is 9.70. The lowest BCUT2D eigenvalue weighted by molar-refractivity contribution is -0.140. The van der Waals surface area contributed by atoms with Gasteiger partial charge in [0.1, 0.15) is 0 Å². The SMILES string of the molecule is COC(=O)CCCOc1c(F)cccc1CNC1CC1. The summed E-state index contributed by atoms with van der Waals surface area (Å²) in [5.41, 5.74) is 0.815. The van der Waals surface area contributed by atoms with Gasteiger partial charge in [-0.25, -0.2) is 4.39 Å². The molecule has 0 bridgehead atoms. The molecule has 1 N–H and O–H groups in total. The Morgan fingerprint density at radius 2 is 2.25 bits per heavy atom. The predicted octanol–water partition coefficient (Wildman–Crippen LogP) is 2.41. The van der Waals surface area contributed by atoms with E-state index in [0.717, 1.165) is 5.56 Å². The van der Waals surface area contributed by atoms with Gasteiger partial charge in [-0.3, -0.25) is 4.79 Å². The molecule has 1 aromatic carbocycles. The van der Waals surface area contributed by atoms with Crippen molar-refractivity contribution in [2.75, 3.05) is 13.7 Å². The molecule has 0 unspecified atom stereocenters. The Labute approximate surface area is 118 Å². The van der Waals surface area contributed by atoms with Crippen LogP contribution in [0.25, 0.3) is 0 Å². The topological polar surface area (TPSA) is 47.6 Å². The molecule has 110 valence electrons. The molecule has 1 saturated carbocycles. The second-order valence-corrected chi connectivity index (χ2v) is 4.91. The molecule has 1 fully saturated rings. The van der Waals surface area contributed by atoms with E-state index in [-0.39, 0.29) is 24.0 Å². The largest absolute Gasteiger partial charge is 0.490 e. The number of hydrogen-bond donors (Lipinski definition) is 1. The van der Waals surface area contributed by atoms with Crippen LogP contribution in [0.15, 0.2) is 18.2 Å². The summed E-state index contributed by atoms with van der Waals surface area (Å²) in [6.45, 7) is 0.904. The van der Waals surface area contributed by atoms with Crippen molar-refractivity contribution in [1.29, 1.82) is 0 Å². The Kier molecular flexibility index (Phi) is 5.35. The molecule has 0 aromatic heterocycles. The normalized spacial score (nSPS) is 14.1. The molecule has 0 heterocycles. The average molecular weight is 281 g/mol. The van der Waals surface area contributed by atoms with E-state index >= 15 is 0 Å². The number of ether oxygens (including phenoxy) is 2. The molecule has 1 aliphatic rings. The van der Waals surface area contributed by atoms with Gasteiger partial charge in [-0.2, -0.15) is 0 Å². The monoisotopic (exact) mass is 281 g/mol. The van der Waals surface area contributed by atoms with Crippen LogP contribution in [0, 0.1) is 5.82 Å². The molecule has 4 nitrogen and oxygen atoms in total. The van der Waals surface area contributed by atoms with Crippen molar-refractivity contribution < 1.29 is 18.7 Å². The highest BCUT2D eigenvalue weighted by molar-refractivity contribution is 5.69. The maximum Gasteiger partial charge on any atom is 0.305 e. The van der Waals surface area contributed by atoms with Crippen LogP contribution >= 0.6 is 0 Å². The van der Waals surface area contributed by atoms with E-state index in [0.29, 0.717) is 25.6 Å². The standard InChI is InChI=1S/C15H20FNO3/c1-19-14(18)6-3-9-20-15-11(4-2-5-13(15)16)10-17-12-7-8-12/h2,4-5,12,17H,3,6-10H2,1H3. The fourth-order valence-electron chi connectivity index (χ4n) is 1.89. The molecular formula is C15H20FNO3. The molecule has 0 radical (unpaired) electrons. The van der Waals surface area contributed by atoms with Crippen molar-refractivity contribution in [3.05, 3.63) is 29.6 Å². The zero-order chi connectivity index (χ0) is 14.4. The summed E-state index contributed by atoms with van der Waals surface area (Å²) in [4.78, 5) is 11.0. The van der Waals surface area contributed by atoms with Gasteiger partial charge in [-0.15, -0.1) is 0 Å². The van der Waals surface area contributed by atoms with Crippen LogP contribution in [-0.4, -0.2) is 25.7 Å². The highest BCUT2D eigenvalue weighted by Crippen LogP contribution is 2.25. The van der Waals surface area contributed by atoms with Crippen LogP contribution in [0.1, 0.15) is 31.2 Å². The Hall–Kier alpha value is -1.62. The van der Waals surface area contributed by atoms with Crippen LogP contribution in [0.4, 0.5) is 4.39 Å². The van der Waals surface area contributed by atoms with Gasteiger partial charge in [0.2, 0.25) is 0 Å². The maximum atomic E-state index is 13.8. The summed E-state index contributed by atoms with van der Waals surface area (Å²) in [5.74, 6) is -0.360. The smallest absolute Gasteiger partial charge is 0.305 e. The van der Waals surface area contributed by atoms with Gasteiger partial charge in [0.25, 0.3) is 0 Å². The van der Waals surface area contributed by atoms with Crippen molar-refractivity contribution >= 4 is 5.97 Å². The summed E-state index contributed by atoms with van der Waals surface area (Å²) in [6.07, 6.45) is 3.16. The molecule has 0 spiro atoms. The number of para-hydroxylation sites is 1. The van der Waals surface area contributed by atoms with Crippen LogP contribution < -0.4 is 10.1 Å². The van der Waals surface area contributed by atoms with Gasteiger partial charge in [0.15, 0.2) is 11.6 Å². The quantitative estimate of drug-likeness (QED) is 0.587. The average Bonchev–Trinajstić information content (AvgIpc) is 3.27. The first-order valence-electron chi connectivity index (χ1n) is 6.91. The van der Waals surface area contributed by atoms with E-state index in [1.807, 2.05) is 6.07 Å². The first kappa shape index (κ1) is 14.8. The second-order valence-electron chi connectivity index (χ2n) is 4.91. The van der Waals surface area contributed by atoms with E-state index in [4.69, 9.17) is 4.74 Å². The van der Waals surface area contributed by atoms with Crippen LogP contribution in [-0.2, 0) is 16.1 Å². The zero-order valence-electron chi connectivity index (χ0n) is 11.7. The molecule has 5 heteroatoms. The van der Waals surface area contributed by atoms with Crippen molar-refractivity contribution in [3.63, 3.8) is 0 Å². The highest BCUT2D eigenvalue weighted by atomic mass is 19.1. The third kappa shape index (κ3) is 4.49. The Balaban J connectivity index is 1.85. The summed E-state index contributed by atoms with van der Waals surface area (Å²) in [7, 11) is 1.35. The fourth-order valence-corrected chi connectivity index (χ4v) is 1.89. The van der Waals surface area contributed by atoms with Crippen molar-refractivity contribution in [1.82, 2.24) is 5.32 Å². The Morgan fingerprint density at radius 3 is 2.95 bits per heavy atom. The first-order valence-corrected chi connectivity index (χ1v) is 6.91.